The van der Waals surface area contributed by atoms with Gasteiger partial charge in [0.2, 0.25) is 0 Å². The number of amides is 1. The lowest BCUT2D eigenvalue weighted by atomic mass is 10.0. The van der Waals surface area contributed by atoms with Crippen LogP contribution >= 0.6 is 0 Å². The topological polar surface area (TPSA) is 64.6 Å². The molecule has 0 spiro atoms. The number of hydrogen-bond acceptors (Lipinski definition) is 4. The van der Waals surface area contributed by atoms with E-state index in [0.717, 1.165) is 5.56 Å². The zero-order valence-corrected chi connectivity index (χ0v) is 15.5. The number of carbonyl (C=O) groups excluding carboxylic acids is 2. The first-order valence-corrected chi connectivity index (χ1v) is 8.33. The number of alkyl carbamates (subject to hydrolysis) is 1. The van der Waals surface area contributed by atoms with Crippen molar-refractivity contribution in [3.63, 3.8) is 0 Å². The van der Waals surface area contributed by atoms with Gasteiger partial charge in [0, 0.05) is 0 Å². The first kappa shape index (κ1) is 20.0. The average Bonchev–Trinajstić information content (AvgIpc) is 2.44. The van der Waals surface area contributed by atoms with Gasteiger partial charge in [-0.2, -0.15) is 0 Å². The van der Waals surface area contributed by atoms with E-state index in [1.165, 1.54) is 0 Å². The van der Waals surface area contributed by atoms with E-state index in [2.05, 4.69) is 5.32 Å². The van der Waals surface area contributed by atoms with Crippen molar-refractivity contribution in [1.29, 1.82) is 0 Å². The van der Waals surface area contributed by atoms with Gasteiger partial charge in [0.05, 0.1) is 0 Å². The lowest BCUT2D eigenvalue weighted by Gasteiger charge is -2.25. The van der Waals surface area contributed by atoms with Crippen LogP contribution in [0.3, 0.4) is 0 Å². The van der Waals surface area contributed by atoms with E-state index >= 15 is 0 Å². The molecule has 1 amide bonds. The molecular weight excluding hydrogens is 306 g/mol. The van der Waals surface area contributed by atoms with Crippen molar-refractivity contribution >= 4 is 12.1 Å². The number of carbonyl (C=O) groups is 2. The van der Waals surface area contributed by atoms with Crippen LogP contribution in [0.15, 0.2) is 30.3 Å². The Labute approximate surface area is 144 Å². The van der Waals surface area contributed by atoms with Gasteiger partial charge < -0.3 is 14.8 Å². The van der Waals surface area contributed by atoms with Crippen LogP contribution in [0.1, 0.15) is 59.6 Å². The fourth-order valence-electron chi connectivity index (χ4n) is 2.18. The fourth-order valence-corrected chi connectivity index (χ4v) is 2.18. The molecule has 0 fully saturated rings. The third-order valence-corrected chi connectivity index (χ3v) is 3.24. The SMILES string of the molecule is CC(C)C[C@H](NC(=O)OC(C)(C)C)C(=O)OC(C)c1ccccc1. The molecule has 0 aliphatic carbocycles. The quantitative estimate of drug-likeness (QED) is 0.790. The summed E-state index contributed by atoms with van der Waals surface area (Å²) >= 11 is 0. The number of rotatable bonds is 6. The van der Waals surface area contributed by atoms with Crippen molar-refractivity contribution in [2.45, 2.75) is 65.7 Å². The molecule has 1 rings (SSSR count). The summed E-state index contributed by atoms with van der Waals surface area (Å²) in [7, 11) is 0. The number of hydrogen-bond donors (Lipinski definition) is 1. The van der Waals surface area contributed by atoms with E-state index in [0.29, 0.717) is 6.42 Å². The van der Waals surface area contributed by atoms with Crippen molar-refractivity contribution < 1.29 is 19.1 Å². The molecule has 0 radical (unpaired) electrons. The lowest BCUT2D eigenvalue weighted by Crippen LogP contribution is -2.45. The van der Waals surface area contributed by atoms with Gasteiger partial charge in [0.15, 0.2) is 0 Å². The average molecular weight is 335 g/mol. The van der Waals surface area contributed by atoms with Gasteiger partial charge in [-0.15, -0.1) is 0 Å². The summed E-state index contributed by atoms with van der Waals surface area (Å²) in [6, 6.07) is 8.76. The van der Waals surface area contributed by atoms with Crippen LogP contribution in [0.4, 0.5) is 4.79 Å². The Hall–Kier alpha value is -2.04. The van der Waals surface area contributed by atoms with Crippen molar-refractivity contribution in [3.05, 3.63) is 35.9 Å². The molecule has 0 saturated carbocycles. The molecule has 5 heteroatoms. The fraction of sp³-hybridized carbons (Fsp3) is 0.579. The maximum atomic E-state index is 12.5. The minimum absolute atomic E-state index is 0.226. The highest BCUT2D eigenvalue weighted by molar-refractivity contribution is 5.81. The van der Waals surface area contributed by atoms with Crippen LogP contribution in [0.25, 0.3) is 0 Å². The number of ether oxygens (including phenoxy) is 2. The molecule has 0 bridgehead atoms. The summed E-state index contributed by atoms with van der Waals surface area (Å²) in [5.74, 6) is -0.226. The van der Waals surface area contributed by atoms with Gasteiger partial charge >= 0.3 is 12.1 Å². The largest absolute Gasteiger partial charge is 0.456 e. The third-order valence-electron chi connectivity index (χ3n) is 3.24. The lowest BCUT2D eigenvalue weighted by molar-refractivity contribution is -0.151. The molecule has 134 valence electrons. The molecule has 2 atom stereocenters. The van der Waals surface area contributed by atoms with Gasteiger partial charge in [0.25, 0.3) is 0 Å². The second kappa shape index (κ2) is 8.71. The molecular formula is C19H29NO4. The van der Waals surface area contributed by atoms with Crippen LogP contribution in [0.5, 0.6) is 0 Å². The van der Waals surface area contributed by atoms with Crippen LogP contribution < -0.4 is 5.32 Å². The predicted octanol–water partition coefficient (Wildman–Crippen LogP) is 4.23. The number of nitrogens with one attached hydrogen (secondary N) is 1. The molecule has 0 heterocycles. The zero-order valence-electron chi connectivity index (χ0n) is 15.5. The van der Waals surface area contributed by atoms with E-state index < -0.39 is 23.7 Å². The van der Waals surface area contributed by atoms with E-state index in [4.69, 9.17) is 9.47 Å². The minimum atomic E-state index is -0.731. The van der Waals surface area contributed by atoms with Gasteiger partial charge in [-0.05, 0) is 45.6 Å². The second-order valence-corrected chi connectivity index (χ2v) is 7.32. The first-order valence-electron chi connectivity index (χ1n) is 8.33. The number of benzene rings is 1. The molecule has 0 saturated heterocycles. The summed E-state index contributed by atoms with van der Waals surface area (Å²) in [6.45, 7) is 11.1. The van der Waals surface area contributed by atoms with Crippen LogP contribution in [-0.4, -0.2) is 23.7 Å². The predicted molar refractivity (Wildman–Crippen MR) is 93.6 cm³/mol. The molecule has 0 aliphatic heterocycles. The van der Waals surface area contributed by atoms with Crippen molar-refractivity contribution in [3.8, 4) is 0 Å². The van der Waals surface area contributed by atoms with Crippen molar-refractivity contribution in [2.75, 3.05) is 0 Å². The summed E-state index contributed by atoms with van der Waals surface area (Å²) in [4.78, 5) is 24.4. The Bertz CT molecular complexity index is 534. The van der Waals surface area contributed by atoms with E-state index in [9.17, 15) is 9.59 Å². The van der Waals surface area contributed by atoms with Crippen LogP contribution in [-0.2, 0) is 14.3 Å². The monoisotopic (exact) mass is 335 g/mol. The highest BCUT2D eigenvalue weighted by atomic mass is 16.6. The Morgan fingerprint density at radius 1 is 1.08 bits per heavy atom. The van der Waals surface area contributed by atoms with Crippen LogP contribution in [0, 0.1) is 5.92 Å². The van der Waals surface area contributed by atoms with Gasteiger partial charge in [0.1, 0.15) is 17.7 Å². The highest BCUT2D eigenvalue weighted by Gasteiger charge is 2.27. The maximum Gasteiger partial charge on any atom is 0.408 e. The standard InChI is InChI=1S/C19H29NO4/c1-13(2)12-16(20-18(22)24-19(4,5)6)17(21)23-14(3)15-10-8-7-9-11-15/h7-11,13-14,16H,12H2,1-6H3,(H,20,22)/t14?,16-/m0/s1. The Morgan fingerprint density at radius 3 is 2.17 bits per heavy atom. The normalized spacial score (nSPS) is 14.0. The van der Waals surface area contributed by atoms with Crippen molar-refractivity contribution in [2.24, 2.45) is 5.92 Å². The molecule has 1 aromatic carbocycles. The van der Waals surface area contributed by atoms with Gasteiger partial charge in [-0.1, -0.05) is 44.2 Å². The smallest absolute Gasteiger partial charge is 0.408 e. The molecule has 0 aromatic heterocycles. The second-order valence-electron chi connectivity index (χ2n) is 7.32. The first-order chi connectivity index (χ1) is 11.1. The summed E-state index contributed by atoms with van der Waals surface area (Å²) in [6.07, 6.45) is -0.509. The molecule has 1 aromatic rings. The molecule has 1 N–H and O–H groups in total. The molecule has 1 unspecified atom stereocenters. The maximum absolute atomic E-state index is 12.5. The Kier molecular flexibility index (Phi) is 7.26. The molecule has 5 nitrogen and oxygen atoms in total. The van der Waals surface area contributed by atoms with Crippen LogP contribution in [0.2, 0.25) is 0 Å². The van der Waals surface area contributed by atoms with Gasteiger partial charge in [-0.25, -0.2) is 9.59 Å². The molecule has 0 aliphatic rings. The Morgan fingerprint density at radius 2 is 1.67 bits per heavy atom. The third kappa shape index (κ3) is 7.49. The van der Waals surface area contributed by atoms with E-state index in [1.54, 1.807) is 20.8 Å². The summed E-state index contributed by atoms with van der Waals surface area (Å²) < 4.78 is 10.8. The highest BCUT2D eigenvalue weighted by Crippen LogP contribution is 2.18. The zero-order chi connectivity index (χ0) is 18.3. The van der Waals surface area contributed by atoms with E-state index in [1.807, 2.05) is 51.1 Å². The Balaban J connectivity index is 2.72. The minimum Gasteiger partial charge on any atom is -0.456 e. The van der Waals surface area contributed by atoms with E-state index in [-0.39, 0.29) is 12.0 Å². The van der Waals surface area contributed by atoms with Gasteiger partial charge in [-0.3, -0.25) is 0 Å². The molecule has 24 heavy (non-hydrogen) atoms. The summed E-state index contributed by atoms with van der Waals surface area (Å²) in [5.41, 5.74) is 0.291. The number of esters is 1. The van der Waals surface area contributed by atoms with Crippen molar-refractivity contribution in [1.82, 2.24) is 5.32 Å². The summed E-state index contributed by atoms with van der Waals surface area (Å²) in [5, 5.41) is 2.63.